The number of Topliss-reactive ketones (excluding diaryl/α,β-unsaturated/α-hetero) is 1. The van der Waals surface area contributed by atoms with Gasteiger partial charge in [-0.2, -0.15) is 19.8 Å². The molecule has 1 fully saturated rings. The molecule has 0 aromatic heterocycles. The van der Waals surface area contributed by atoms with E-state index in [-0.39, 0.29) is 36.5 Å². The zero-order valence-corrected chi connectivity index (χ0v) is 18.6. The summed E-state index contributed by atoms with van der Waals surface area (Å²) in [6.07, 6.45) is 7.67. The second-order valence-electron chi connectivity index (χ2n) is 6.98. The standard InChI is InChI=1S/C16H29O.C2H5.U/c1-6-13-8-12(9-14(13)7-2)10-15(17)11-16(3,4)5;1-2;/h6,12-14H,7-11H2,1-5H3;1H2,2H3;/q2*-1;+2. The summed E-state index contributed by atoms with van der Waals surface area (Å²) >= 11 is 0. The summed E-state index contributed by atoms with van der Waals surface area (Å²) in [5.74, 6) is 2.70. The molecular formula is C18H34OU. The number of rotatable bonds is 5. The van der Waals surface area contributed by atoms with E-state index in [4.69, 9.17) is 0 Å². The van der Waals surface area contributed by atoms with Crippen LogP contribution in [0.4, 0.5) is 0 Å². The molecule has 116 valence electrons. The van der Waals surface area contributed by atoms with Gasteiger partial charge in [0, 0.05) is 12.8 Å². The molecule has 1 rings (SSSR count). The Morgan fingerprint density at radius 3 is 2.15 bits per heavy atom. The molecule has 1 nitrogen and oxygen atoms in total. The Balaban J connectivity index is 0. The third-order valence-corrected chi connectivity index (χ3v) is 4.04. The largest absolute Gasteiger partial charge is 2.00 e. The molecule has 0 aromatic rings. The van der Waals surface area contributed by atoms with Crippen molar-refractivity contribution in [1.29, 1.82) is 0 Å². The molecule has 2 heteroatoms. The molecule has 1 saturated carbocycles. The van der Waals surface area contributed by atoms with Gasteiger partial charge in [-0.25, -0.2) is 0 Å². The van der Waals surface area contributed by atoms with Crippen LogP contribution < -0.4 is 0 Å². The second kappa shape index (κ2) is 11.3. The molecule has 0 heterocycles. The van der Waals surface area contributed by atoms with Gasteiger partial charge in [0.15, 0.2) is 0 Å². The zero-order valence-electron chi connectivity index (χ0n) is 14.5. The van der Waals surface area contributed by atoms with Gasteiger partial charge >= 0.3 is 31.1 Å². The predicted molar refractivity (Wildman–Crippen MR) is 84.7 cm³/mol. The van der Waals surface area contributed by atoms with Crippen LogP contribution in [0.25, 0.3) is 0 Å². The molecule has 0 amide bonds. The van der Waals surface area contributed by atoms with Crippen molar-refractivity contribution in [3.63, 3.8) is 0 Å². The fraction of sp³-hybridized carbons (Fsp3) is 0.833. The molecule has 0 N–H and O–H groups in total. The summed E-state index contributed by atoms with van der Waals surface area (Å²) in [6, 6.07) is 0. The molecule has 3 atom stereocenters. The van der Waals surface area contributed by atoms with Crippen molar-refractivity contribution < 1.29 is 35.9 Å². The summed E-state index contributed by atoms with van der Waals surface area (Å²) in [6.45, 7) is 15.9. The topological polar surface area (TPSA) is 17.1 Å². The van der Waals surface area contributed by atoms with Crippen LogP contribution in [0.2, 0.25) is 0 Å². The van der Waals surface area contributed by atoms with Crippen molar-refractivity contribution in [3.8, 4) is 0 Å². The molecule has 0 aromatic carbocycles. The first-order chi connectivity index (χ1) is 8.85. The normalized spacial score (nSPS) is 25.4. The Hall–Kier alpha value is 0.722. The Morgan fingerprint density at radius 1 is 1.25 bits per heavy atom. The van der Waals surface area contributed by atoms with Gasteiger partial charge in [0.2, 0.25) is 0 Å². The van der Waals surface area contributed by atoms with Crippen LogP contribution in [0.3, 0.4) is 0 Å². The molecule has 0 aliphatic heterocycles. The maximum absolute atomic E-state index is 12.0. The molecule has 0 saturated heterocycles. The minimum absolute atomic E-state index is 0. The van der Waals surface area contributed by atoms with E-state index in [1.165, 1.54) is 19.3 Å². The van der Waals surface area contributed by atoms with Gasteiger partial charge in [-0.15, -0.1) is 0 Å². The van der Waals surface area contributed by atoms with E-state index in [9.17, 15) is 4.79 Å². The number of carbonyl (C=O) groups excluding carboxylic acids is 1. The van der Waals surface area contributed by atoms with E-state index in [0.29, 0.717) is 11.7 Å². The zero-order chi connectivity index (χ0) is 15.1. The predicted octanol–water partition coefficient (Wildman–Crippen LogP) is 5.50. The molecular weight excluding hydrogens is 470 g/mol. The smallest absolute Gasteiger partial charge is 0.346 e. The summed E-state index contributed by atoms with van der Waals surface area (Å²) in [4.78, 5) is 12.0. The summed E-state index contributed by atoms with van der Waals surface area (Å²) in [5, 5.41) is 0. The van der Waals surface area contributed by atoms with Crippen LogP contribution in [0.1, 0.15) is 73.6 Å². The van der Waals surface area contributed by atoms with Crippen LogP contribution in [0.15, 0.2) is 0 Å². The quantitative estimate of drug-likeness (QED) is 0.452. The molecule has 3 unspecified atom stereocenters. The fourth-order valence-corrected chi connectivity index (χ4v) is 3.31. The van der Waals surface area contributed by atoms with E-state index < -0.39 is 0 Å². The third kappa shape index (κ3) is 8.89. The van der Waals surface area contributed by atoms with E-state index in [1.807, 2.05) is 0 Å². The summed E-state index contributed by atoms with van der Waals surface area (Å²) in [7, 11) is 0. The van der Waals surface area contributed by atoms with Gasteiger partial charge in [-0.1, -0.05) is 46.5 Å². The number of hydrogen-bond acceptors (Lipinski definition) is 1. The van der Waals surface area contributed by atoms with Crippen molar-refractivity contribution in [1.82, 2.24) is 0 Å². The maximum Gasteiger partial charge on any atom is 2.00 e. The number of carbonyl (C=O) groups is 1. The van der Waals surface area contributed by atoms with E-state index in [2.05, 4.69) is 48.0 Å². The average Bonchev–Trinajstić information content (AvgIpc) is 2.71. The minimum Gasteiger partial charge on any atom is -0.346 e. The van der Waals surface area contributed by atoms with Gasteiger partial charge in [0.25, 0.3) is 0 Å². The van der Waals surface area contributed by atoms with Crippen molar-refractivity contribution >= 4 is 5.78 Å². The van der Waals surface area contributed by atoms with Gasteiger partial charge in [-0.3, -0.25) is 4.79 Å². The first-order valence-corrected chi connectivity index (χ1v) is 7.87. The van der Waals surface area contributed by atoms with E-state index in [0.717, 1.165) is 24.7 Å². The first kappa shape index (κ1) is 23.0. The molecule has 1 aliphatic carbocycles. The second-order valence-corrected chi connectivity index (χ2v) is 6.98. The fourth-order valence-electron chi connectivity index (χ4n) is 3.31. The van der Waals surface area contributed by atoms with Crippen molar-refractivity contribution in [2.45, 2.75) is 73.6 Å². The average molecular weight is 504 g/mol. The van der Waals surface area contributed by atoms with Crippen LogP contribution in [-0.2, 0) is 4.79 Å². The number of hydrogen-bond donors (Lipinski definition) is 0. The van der Waals surface area contributed by atoms with Crippen molar-refractivity contribution in [3.05, 3.63) is 13.3 Å². The molecule has 20 heavy (non-hydrogen) atoms. The van der Waals surface area contributed by atoms with Gasteiger partial charge in [0.1, 0.15) is 5.78 Å². The van der Waals surface area contributed by atoms with Crippen molar-refractivity contribution in [2.24, 2.45) is 23.2 Å². The SMILES string of the molecule is C[CH-]C1CC(CC(=O)CC(C)(C)C)CC1CC.[CH2-]C.[U+2]. The first-order valence-electron chi connectivity index (χ1n) is 7.87. The monoisotopic (exact) mass is 504 g/mol. The number of ketones is 1. The van der Waals surface area contributed by atoms with E-state index in [1.54, 1.807) is 6.92 Å². The van der Waals surface area contributed by atoms with Crippen LogP contribution in [-0.4, -0.2) is 5.78 Å². The molecule has 0 radical (unpaired) electrons. The van der Waals surface area contributed by atoms with Crippen LogP contribution >= 0.6 is 0 Å². The Labute approximate surface area is 151 Å². The molecule has 0 spiro atoms. The van der Waals surface area contributed by atoms with Crippen LogP contribution in [0.5, 0.6) is 0 Å². The molecule has 1 aliphatic rings. The van der Waals surface area contributed by atoms with Gasteiger partial charge in [-0.05, 0) is 17.8 Å². The summed E-state index contributed by atoms with van der Waals surface area (Å²) < 4.78 is 0. The minimum atomic E-state index is 0. The van der Waals surface area contributed by atoms with Gasteiger partial charge in [0.05, 0.1) is 0 Å². The Morgan fingerprint density at radius 2 is 1.80 bits per heavy atom. The molecule has 0 bridgehead atoms. The van der Waals surface area contributed by atoms with Crippen molar-refractivity contribution in [2.75, 3.05) is 0 Å². The van der Waals surface area contributed by atoms with E-state index >= 15 is 0 Å². The summed E-state index contributed by atoms with van der Waals surface area (Å²) in [5.41, 5.74) is 0.149. The Kier molecular flexibility index (Phi) is 13.0. The van der Waals surface area contributed by atoms with Crippen LogP contribution in [0, 0.1) is 67.6 Å². The maximum atomic E-state index is 12.0. The van der Waals surface area contributed by atoms with Gasteiger partial charge < -0.3 is 13.3 Å². The Bertz CT molecular complexity index is 243. The third-order valence-electron chi connectivity index (χ3n) is 4.04.